The highest BCUT2D eigenvalue weighted by Crippen LogP contribution is 2.28. The molecule has 29 heavy (non-hydrogen) atoms. The zero-order valence-electron chi connectivity index (χ0n) is 15.5. The van der Waals surface area contributed by atoms with Crippen LogP contribution in [0.15, 0.2) is 42.7 Å². The summed E-state index contributed by atoms with van der Waals surface area (Å²) in [7, 11) is 1.56. The highest BCUT2D eigenvalue weighted by Gasteiger charge is 2.30. The first-order valence-corrected chi connectivity index (χ1v) is 8.83. The minimum atomic E-state index is -0.583. The molecule has 0 unspecified atom stereocenters. The molecule has 1 N–H and O–H groups in total. The lowest BCUT2D eigenvalue weighted by atomic mass is 10.1. The Labute approximate surface area is 165 Å². The Kier molecular flexibility index (Phi) is 4.90. The fourth-order valence-electron chi connectivity index (χ4n) is 3.10. The first-order valence-electron chi connectivity index (χ1n) is 8.83. The lowest BCUT2D eigenvalue weighted by Gasteiger charge is -2.32. The highest BCUT2D eigenvalue weighted by molar-refractivity contribution is 6.00. The summed E-state index contributed by atoms with van der Waals surface area (Å²) in [6.45, 7) is 0.362. The third kappa shape index (κ3) is 3.64. The van der Waals surface area contributed by atoms with E-state index in [9.17, 15) is 14.0 Å². The Hall–Kier alpha value is -3.82. The lowest BCUT2D eigenvalue weighted by molar-refractivity contribution is -0.120. The summed E-state index contributed by atoms with van der Waals surface area (Å²) < 4.78 is 18.3. The van der Waals surface area contributed by atoms with E-state index in [1.165, 1.54) is 9.80 Å². The summed E-state index contributed by atoms with van der Waals surface area (Å²) in [5, 5.41) is 6.93. The monoisotopic (exact) mass is 396 g/mol. The third-order valence-electron chi connectivity index (χ3n) is 4.55. The number of hydrogen-bond acceptors (Lipinski definition) is 6. The minimum Gasteiger partial charge on any atom is -0.496 e. The minimum absolute atomic E-state index is 0.114. The van der Waals surface area contributed by atoms with Crippen molar-refractivity contribution in [3.63, 3.8) is 0 Å². The van der Waals surface area contributed by atoms with E-state index >= 15 is 0 Å². The number of nitrogens with one attached hydrogen (secondary N) is 1. The molecule has 1 aromatic carbocycles. The van der Waals surface area contributed by atoms with Crippen LogP contribution in [0.1, 0.15) is 10.5 Å². The molecular formula is C19H17FN6O3. The molecule has 1 aliphatic heterocycles. The molecule has 2 aromatic heterocycles. The SMILES string of the molecule is COc1ccccc1-c1cc(C(=O)N2CCN(c3ncc(F)cn3)C(=O)C2)[nH]n1. The number of para-hydroxylation sites is 1. The van der Waals surface area contributed by atoms with Gasteiger partial charge in [-0.2, -0.15) is 5.10 Å². The van der Waals surface area contributed by atoms with Crippen molar-refractivity contribution >= 4 is 17.8 Å². The van der Waals surface area contributed by atoms with Gasteiger partial charge < -0.3 is 9.64 Å². The second kappa shape index (κ2) is 7.66. The average molecular weight is 396 g/mol. The molecule has 0 aliphatic carbocycles. The van der Waals surface area contributed by atoms with Gasteiger partial charge in [-0.25, -0.2) is 14.4 Å². The predicted molar refractivity (Wildman–Crippen MR) is 101 cm³/mol. The molecule has 1 fully saturated rings. The van der Waals surface area contributed by atoms with Crippen molar-refractivity contribution in [1.82, 2.24) is 25.1 Å². The zero-order chi connectivity index (χ0) is 20.4. The molecule has 0 saturated carbocycles. The van der Waals surface area contributed by atoms with Gasteiger partial charge in [0, 0.05) is 18.7 Å². The van der Waals surface area contributed by atoms with Gasteiger partial charge >= 0.3 is 0 Å². The lowest BCUT2D eigenvalue weighted by Crippen LogP contribution is -2.53. The van der Waals surface area contributed by atoms with Crippen molar-refractivity contribution in [2.75, 3.05) is 31.6 Å². The van der Waals surface area contributed by atoms with Crippen molar-refractivity contribution in [3.8, 4) is 17.0 Å². The molecule has 4 rings (SSSR count). The molecule has 10 heteroatoms. The van der Waals surface area contributed by atoms with E-state index in [1.807, 2.05) is 18.2 Å². The maximum absolute atomic E-state index is 13.0. The largest absolute Gasteiger partial charge is 0.496 e. The number of ether oxygens (including phenoxy) is 1. The van der Waals surface area contributed by atoms with Gasteiger partial charge in [-0.1, -0.05) is 12.1 Å². The molecule has 3 aromatic rings. The summed E-state index contributed by atoms with van der Waals surface area (Å²) in [6, 6.07) is 8.97. The topological polar surface area (TPSA) is 104 Å². The molecule has 0 atom stereocenters. The maximum atomic E-state index is 13.0. The van der Waals surface area contributed by atoms with Gasteiger partial charge in [0.05, 0.1) is 25.2 Å². The van der Waals surface area contributed by atoms with Crippen molar-refractivity contribution in [3.05, 3.63) is 54.2 Å². The maximum Gasteiger partial charge on any atom is 0.272 e. The van der Waals surface area contributed by atoms with Gasteiger partial charge in [-0.3, -0.25) is 19.6 Å². The molecule has 2 amide bonds. The number of carbonyl (C=O) groups is 2. The second-order valence-electron chi connectivity index (χ2n) is 6.34. The summed E-state index contributed by atoms with van der Waals surface area (Å²) in [5.74, 6) is -0.517. The molecule has 1 saturated heterocycles. The molecule has 3 heterocycles. The van der Waals surface area contributed by atoms with Crippen LogP contribution in [0.5, 0.6) is 5.75 Å². The van der Waals surface area contributed by atoms with Crippen molar-refractivity contribution < 1.29 is 18.7 Å². The van der Waals surface area contributed by atoms with Crippen LogP contribution >= 0.6 is 0 Å². The van der Waals surface area contributed by atoms with Gasteiger partial charge in [0.25, 0.3) is 5.91 Å². The fourth-order valence-corrected chi connectivity index (χ4v) is 3.10. The number of aromatic amines is 1. The van der Waals surface area contributed by atoms with Gasteiger partial charge in [0.1, 0.15) is 18.0 Å². The number of rotatable bonds is 4. The van der Waals surface area contributed by atoms with Crippen LogP contribution in [-0.4, -0.2) is 63.6 Å². The molecular weight excluding hydrogens is 379 g/mol. The molecule has 9 nitrogen and oxygen atoms in total. The normalized spacial score (nSPS) is 14.2. The number of amides is 2. The van der Waals surface area contributed by atoms with Crippen molar-refractivity contribution in [1.29, 1.82) is 0 Å². The van der Waals surface area contributed by atoms with Gasteiger partial charge in [-0.05, 0) is 18.2 Å². The Morgan fingerprint density at radius 3 is 2.69 bits per heavy atom. The van der Waals surface area contributed by atoms with E-state index in [1.54, 1.807) is 19.2 Å². The van der Waals surface area contributed by atoms with Crippen LogP contribution in [0.25, 0.3) is 11.3 Å². The number of hydrogen-bond donors (Lipinski definition) is 1. The van der Waals surface area contributed by atoms with Crippen LogP contribution in [-0.2, 0) is 4.79 Å². The Morgan fingerprint density at radius 2 is 1.97 bits per heavy atom. The number of piperazine rings is 1. The van der Waals surface area contributed by atoms with Gasteiger partial charge in [0.15, 0.2) is 5.82 Å². The predicted octanol–water partition coefficient (Wildman–Crippen LogP) is 1.50. The number of H-pyrrole nitrogens is 1. The molecule has 148 valence electrons. The summed E-state index contributed by atoms with van der Waals surface area (Å²) in [6.07, 6.45) is 1.99. The number of nitrogens with zero attached hydrogens (tertiary/aromatic N) is 5. The van der Waals surface area contributed by atoms with E-state index < -0.39 is 5.82 Å². The Morgan fingerprint density at radius 1 is 1.21 bits per heavy atom. The van der Waals surface area contributed by atoms with Crippen LogP contribution in [0.4, 0.5) is 10.3 Å². The smallest absolute Gasteiger partial charge is 0.272 e. The number of benzene rings is 1. The van der Waals surface area contributed by atoms with E-state index in [0.29, 0.717) is 11.4 Å². The number of aromatic nitrogens is 4. The molecule has 1 aliphatic rings. The van der Waals surface area contributed by atoms with Crippen LogP contribution in [0, 0.1) is 5.82 Å². The van der Waals surface area contributed by atoms with Gasteiger partial charge in [0.2, 0.25) is 11.9 Å². The third-order valence-corrected chi connectivity index (χ3v) is 4.55. The Bertz CT molecular complexity index is 1050. The number of anilines is 1. The first kappa shape index (κ1) is 18.5. The first-order chi connectivity index (χ1) is 14.1. The van der Waals surface area contributed by atoms with E-state index in [0.717, 1.165) is 18.0 Å². The number of halogens is 1. The summed E-state index contributed by atoms with van der Waals surface area (Å²) in [5.41, 5.74) is 1.58. The van der Waals surface area contributed by atoms with Crippen molar-refractivity contribution in [2.24, 2.45) is 0 Å². The quantitative estimate of drug-likeness (QED) is 0.717. The van der Waals surface area contributed by atoms with Crippen LogP contribution in [0.2, 0.25) is 0 Å². The van der Waals surface area contributed by atoms with Gasteiger partial charge in [-0.15, -0.1) is 0 Å². The average Bonchev–Trinajstić information content (AvgIpc) is 3.24. The number of carbonyl (C=O) groups excluding carboxylic acids is 2. The molecule has 0 spiro atoms. The summed E-state index contributed by atoms with van der Waals surface area (Å²) >= 11 is 0. The molecule has 0 bridgehead atoms. The fraction of sp³-hybridized carbons (Fsp3) is 0.211. The zero-order valence-corrected chi connectivity index (χ0v) is 15.5. The second-order valence-corrected chi connectivity index (χ2v) is 6.34. The summed E-state index contributed by atoms with van der Waals surface area (Å²) in [4.78, 5) is 35.6. The number of methoxy groups -OCH3 is 1. The van der Waals surface area contributed by atoms with Crippen LogP contribution < -0.4 is 9.64 Å². The van der Waals surface area contributed by atoms with E-state index in [2.05, 4.69) is 20.2 Å². The van der Waals surface area contributed by atoms with Crippen molar-refractivity contribution in [2.45, 2.75) is 0 Å². The Balaban J connectivity index is 1.48. The standard InChI is InChI=1S/C19H17FN6O3/c1-29-16-5-3-2-4-13(16)14-8-15(24-23-14)18(28)25-6-7-26(17(27)11-25)19-21-9-12(20)10-22-19/h2-5,8-10H,6-7,11H2,1H3,(H,23,24). The highest BCUT2D eigenvalue weighted by atomic mass is 19.1. The van der Waals surface area contributed by atoms with E-state index in [4.69, 9.17) is 4.74 Å². The molecule has 0 radical (unpaired) electrons. The van der Waals surface area contributed by atoms with Crippen LogP contribution in [0.3, 0.4) is 0 Å². The van der Waals surface area contributed by atoms with E-state index in [-0.39, 0.29) is 43.1 Å².